The number of hydrogen-bond acceptors (Lipinski definition) is 20. The van der Waals surface area contributed by atoms with Gasteiger partial charge in [-0.15, -0.1) is 5.10 Å². The number of nitrogens with one attached hydrogen (secondary N) is 5. The molecule has 2 heterocycles. The number of alkyl carbamates (subject to hydrolysis) is 5. The van der Waals surface area contributed by atoms with E-state index in [9.17, 15) is 44.4 Å². The minimum atomic E-state index is -2.20. The van der Waals surface area contributed by atoms with Crippen LogP contribution in [0.1, 0.15) is 157 Å². The predicted molar refractivity (Wildman–Crippen MR) is 270 cm³/mol. The molecule has 0 spiro atoms. The fourth-order valence-electron chi connectivity index (χ4n) is 6.74. The van der Waals surface area contributed by atoms with Crippen molar-refractivity contribution in [3.05, 3.63) is 11.9 Å². The number of rotatable bonds is 20. The van der Waals surface area contributed by atoms with Crippen LogP contribution in [0.25, 0.3) is 0 Å². The third-order valence-corrected chi connectivity index (χ3v) is 9.94. The van der Waals surface area contributed by atoms with Crippen LogP contribution in [-0.2, 0) is 54.6 Å². The molecule has 1 aliphatic heterocycles. The predicted octanol–water partition coefficient (Wildman–Crippen LogP) is 4.32. The molecule has 434 valence electrons. The van der Waals surface area contributed by atoms with E-state index in [2.05, 4.69) is 36.9 Å². The van der Waals surface area contributed by atoms with E-state index in [4.69, 9.17) is 42.6 Å². The highest BCUT2D eigenvalue weighted by Crippen LogP contribution is 2.27. The Kier molecular flexibility index (Phi) is 23.8. The van der Waals surface area contributed by atoms with Crippen molar-refractivity contribution in [3.8, 4) is 0 Å². The molecule has 0 aromatic carbocycles. The zero-order valence-corrected chi connectivity index (χ0v) is 47.7. The van der Waals surface area contributed by atoms with Gasteiger partial charge in [0.2, 0.25) is 0 Å². The van der Waals surface area contributed by atoms with E-state index in [1.54, 1.807) is 117 Å². The van der Waals surface area contributed by atoms with Gasteiger partial charge in [0, 0.05) is 24.6 Å². The van der Waals surface area contributed by atoms with Gasteiger partial charge in [0.05, 0.1) is 48.7 Å². The summed E-state index contributed by atoms with van der Waals surface area (Å²) in [7, 11) is 0. The summed E-state index contributed by atoms with van der Waals surface area (Å²) in [6.45, 7) is 33.1. The number of nitrogens with zero attached hydrogens (tertiary/aromatic N) is 3. The SMILES string of the molecule is CC(Cn1cc(C(C)(C)C)nn1)OC(O[C@@H](O)C(CC(NC(=O)OC(C)(C)C)C(C)OC1OC(CNC(=O)OC(C)(C)C)C(O)C[C@@H]1NC(=O)OC(C)(C)C)NC(=O)OC(C)(C)C)C(O)[C@@H](O)NC(=O)OC(C)(C)C. The maximum atomic E-state index is 13.6. The largest absolute Gasteiger partial charge is 0.444 e. The zero-order chi connectivity index (χ0) is 57.8. The molecular formula is C49H90N8O18. The van der Waals surface area contributed by atoms with Crippen molar-refractivity contribution in [2.45, 2.75) is 265 Å². The van der Waals surface area contributed by atoms with Gasteiger partial charge in [-0.2, -0.15) is 0 Å². The maximum Gasteiger partial charge on any atom is 0.409 e. The minimum Gasteiger partial charge on any atom is -0.444 e. The first-order valence-corrected chi connectivity index (χ1v) is 25.1. The lowest BCUT2D eigenvalue weighted by atomic mass is 9.93. The Balaban J connectivity index is 2.69. The molecule has 1 aliphatic rings. The fourth-order valence-corrected chi connectivity index (χ4v) is 6.74. The van der Waals surface area contributed by atoms with Crippen LogP contribution < -0.4 is 26.6 Å². The Morgan fingerprint density at radius 1 is 0.680 bits per heavy atom. The second-order valence-electron chi connectivity index (χ2n) is 24.6. The molecule has 0 bridgehead atoms. The average Bonchev–Trinajstić information content (AvgIpc) is 3.65. The molecule has 0 saturated carbocycles. The van der Waals surface area contributed by atoms with Gasteiger partial charge < -0.3 is 84.3 Å². The second kappa shape index (κ2) is 27.0. The summed E-state index contributed by atoms with van der Waals surface area (Å²) in [6.07, 6.45) is -18.2. The van der Waals surface area contributed by atoms with Crippen molar-refractivity contribution in [3.63, 3.8) is 0 Å². The maximum absolute atomic E-state index is 13.6. The van der Waals surface area contributed by atoms with Crippen LogP contribution in [0.2, 0.25) is 0 Å². The summed E-state index contributed by atoms with van der Waals surface area (Å²) in [6, 6.07) is -4.02. The summed E-state index contributed by atoms with van der Waals surface area (Å²) in [4.78, 5) is 65.8. The Hall–Kier alpha value is -4.83. The highest BCUT2D eigenvalue weighted by atomic mass is 16.7. The summed E-state index contributed by atoms with van der Waals surface area (Å²) >= 11 is 0. The number of carbonyl (C=O) groups excluding carboxylic acids is 5. The summed E-state index contributed by atoms with van der Waals surface area (Å²) in [5.74, 6) is 0. The first kappa shape index (κ1) is 66.3. The quantitative estimate of drug-likeness (QED) is 0.0648. The van der Waals surface area contributed by atoms with Crippen molar-refractivity contribution in [2.75, 3.05) is 6.54 Å². The number of aliphatic hydroxyl groups is 4. The molecule has 0 radical (unpaired) electrons. The van der Waals surface area contributed by atoms with Gasteiger partial charge in [-0.05, 0) is 124 Å². The topological polar surface area (TPSA) is 340 Å². The van der Waals surface area contributed by atoms with E-state index in [1.165, 1.54) is 11.6 Å². The molecule has 26 nitrogen and oxygen atoms in total. The summed E-state index contributed by atoms with van der Waals surface area (Å²) in [5.41, 5.74) is -4.55. The Morgan fingerprint density at radius 2 is 1.15 bits per heavy atom. The molecule has 5 amide bonds. The summed E-state index contributed by atoms with van der Waals surface area (Å²) < 4.78 is 53.4. The van der Waals surface area contributed by atoms with E-state index in [0.717, 1.165) is 0 Å². The molecule has 26 heteroatoms. The van der Waals surface area contributed by atoms with Crippen LogP contribution in [0.5, 0.6) is 0 Å². The van der Waals surface area contributed by atoms with Crippen LogP contribution >= 0.6 is 0 Å². The number of aromatic nitrogens is 3. The van der Waals surface area contributed by atoms with E-state index in [-0.39, 0.29) is 24.9 Å². The molecule has 2 rings (SSSR count). The standard InChI is InChI=1S/C49H90N8O18/c1-26(24-57-25-33(55-56-57)44(3,4)5)67-38(34(59)35(60)54-43(66)75-49(18,19)20)70-36(61)29(52-41(64)73-47(12,13)14)21-28(51-40(63)72-46(9,10)11)27(2)68-37-30(53-42(65)74-48(15,16)17)22-31(58)32(69-37)23-50-39(62)71-45(6,7)8/h25-32,34-38,58-61H,21-24H2,1-20H3,(H,50,62)(H,51,63)(H,52,64)(H,53,65)(H,54,66)/t26?,27?,28?,29?,30-,31?,32?,34?,35+,36+,37?,38?/m0/s1. The van der Waals surface area contributed by atoms with E-state index in [1.807, 2.05) is 20.8 Å². The van der Waals surface area contributed by atoms with Gasteiger partial charge in [-0.1, -0.05) is 26.0 Å². The molecule has 9 N–H and O–H groups in total. The first-order chi connectivity index (χ1) is 33.9. The molecule has 0 aliphatic carbocycles. The van der Waals surface area contributed by atoms with Gasteiger partial charge in [-0.3, -0.25) is 5.32 Å². The lowest BCUT2D eigenvalue weighted by Crippen LogP contribution is -2.60. The molecular weight excluding hydrogens is 989 g/mol. The van der Waals surface area contributed by atoms with Crippen molar-refractivity contribution >= 4 is 30.5 Å². The normalized spacial score (nSPS) is 21.1. The van der Waals surface area contributed by atoms with Crippen molar-refractivity contribution < 1.29 is 87.0 Å². The molecule has 9 unspecified atom stereocenters. The Bertz CT molecular complexity index is 1980. The van der Waals surface area contributed by atoms with E-state index >= 15 is 0 Å². The lowest BCUT2D eigenvalue weighted by Gasteiger charge is -2.42. The van der Waals surface area contributed by atoms with Crippen LogP contribution in [0, 0.1) is 0 Å². The Labute approximate surface area is 441 Å². The van der Waals surface area contributed by atoms with Crippen LogP contribution in [0.15, 0.2) is 6.20 Å². The third-order valence-electron chi connectivity index (χ3n) is 9.94. The average molecular weight is 1080 g/mol. The van der Waals surface area contributed by atoms with E-state index in [0.29, 0.717) is 5.69 Å². The van der Waals surface area contributed by atoms with Gasteiger partial charge in [0.25, 0.3) is 0 Å². The third kappa shape index (κ3) is 26.7. The molecule has 1 aromatic heterocycles. The molecule has 75 heavy (non-hydrogen) atoms. The van der Waals surface area contributed by atoms with Gasteiger partial charge in [0.15, 0.2) is 25.1 Å². The van der Waals surface area contributed by atoms with Crippen molar-refractivity contribution in [1.29, 1.82) is 0 Å². The fraction of sp³-hybridized carbons (Fsp3) is 0.857. The first-order valence-electron chi connectivity index (χ1n) is 25.1. The van der Waals surface area contributed by atoms with Gasteiger partial charge in [0.1, 0.15) is 40.2 Å². The molecule has 12 atom stereocenters. The smallest absolute Gasteiger partial charge is 0.409 e. The number of amides is 5. The number of hydrogen-bond donors (Lipinski definition) is 9. The van der Waals surface area contributed by atoms with Crippen LogP contribution in [0.3, 0.4) is 0 Å². The number of aliphatic hydroxyl groups excluding tert-OH is 4. The molecule has 1 saturated heterocycles. The van der Waals surface area contributed by atoms with E-state index < -0.39 is 139 Å². The highest BCUT2D eigenvalue weighted by molar-refractivity contribution is 5.70. The number of ether oxygens (including phenoxy) is 9. The van der Waals surface area contributed by atoms with Crippen LogP contribution in [0.4, 0.5) is 24.0 Å². The highest BCUT2D eigenvalue weighted by Gasteiger charge is 2.43. The van der Waals surface area contributed by atoms with Crippen molar-refractivity contribution in [2.24, 2.45) is 0 Å². The minimum absolute atomic E-state index is 0.0135. The van der Waals surface area contributed by atoms with Gasteiger partial charge >= 0.3 is 30.5 Å². The second-order valence-corrected chi connectivity index (χ2v) is 24.6. The zero-order valence-electron chi connectivity index (χ0n) is 47.7. The Morgan fingerprint density at radius 3 is 1.63 bits per heavy atom. The molecule has 1 fully saturated rings. The monoisotopic (exact) mass is 1080 g/mol. The lowest BCUT2D eigenvalue weighted by molar-refractivity contribution is -0.292. The molecule has 1 aromatic rings. The summed E-state index contributed by atoms with van der Waals surface area (Å²) in [5, 5.41) is 67.0. The van der Waals surface area contributed by atoms with Crippen molar-refractivity contribution in [1.82, 2.24) is 41.6 Å². The van der Waals surface area contributed by atoms with Crippen LogP contribution in [-0.4, -0.2) is 174 Å². The van der Waals surface area contributed by atoms with Gasteiger partial charge in [-0.25, -0.2) is 28.7 Å². The number of carbonyl (C=O) groups is 5.